The van der Waals surface area contributed by atoms with Crippen LogP contribution in [-0.2, 0) is 9.47 Å². The summed E-state index contributed by atoms with van der Waals surface area (Å²) < 4.78 is 11.5. The summed E-state index contributed by atoms with van der Waals surface area (Å²) in [5.74, 6) is 0.250. The van der Waals surface area contributed by atoms with Gasteiger partial charge in [-0.2, -0.15) is 0 Å². The van der Waals surface area contributed by atoms with Gasteiger partial charge in [0.2, 0.25) is 0 Å². The van der Waals surface area contributed by atoms with Crippen molar-refractivity contribution < 1.29 is 14.6 Å². The minimum absolute atomic E-state index is 0.0276. The van der Waals surface area contributed by atoms with Crippen molar-refractivity contribution in [3.05, 3.63) is 12.7 Å². The number of allylic oxidation sites excluding steroid dienone is 1. The van der Waals surface area contributed by atoms with Gasteiger partial charge in [-0.3, -0.25) is 0 Å². The largest absolute Gasteiger partial charge is 0.377 e. The van der Waals surface area contributed by atoms with Gasteiger partial charge in [0.1, 0.15) is 17.1 Å². The lowest BCUT2D eigenvalue weighted by Crippen LogP contribution is -2.39. The molecule has 0 saturated carbocycles. The van der Waals surface area contributed by atoms with Gasteiger partial charge in [0, 0.05) is 5.75 Å². The fourth-order valence-corrected chi connectivity index (χ4v) is 3.49. The van der Waals surface area contributed by atoms with Crippen LogP contribution in [0.3, 0.4) is 0 Å². The predicted octanol–water partition coefficient (Wildman–Crippen LogP) is 1.91. The molecule has 86 valence electrons. The molecule has 0 bridgehead atoms. The van der Waals surface area contributed by atoms with Crippen molar-refractivity contribution in [3.63, 3.8) is 0 Å². The Hall–Kier alpha value is -0.0300. The minimum atomic E-state index is -0.799. The summed E-state index contributed by atoms with van der Waals surface area (Å²) >= 11 is 1.54. The Morgan fingerprint density at radius 2 is 2.27 bits per heavy atom. The first kappa shape index (κ1) is 11.5. The average molecular weight is 230 g/mol. The van der Waals surface area contributed by atoms with Crippen molar-refractivity contribution in [2.75, 3.05) is 5.75 Å². The van der Waals surface area contributed by atoms with Crippen LogP contribution in [0.4, 0.5) is 0 Å². The normalized spacial score (nSPS) is 42.9. The molecule has 0 radical (unpaired) electrons. The van der Waals surface area contributed by atoms with Gasteiger partial charge in [-0.15, -0.1) is 18.3 Å². The fourth-order valence-electron chi connectivity index (χ4n) is 2.17. The first-order valence-corrected chi connectivity index (χ1v) is 6.28. The number of fused-ring (bicyclic) bond motifs is 1. The monoisotopic (exact) mass is 230 g/mol. The van der Waals surface area contributed by atoms with Crippen molar-refractivity contribution >= 4 is 11.8 Å². The first-order chi connectivity index (χ1) is 6.97. The Morgan fingerprint density at radius 1 is 1.53 bits per heavy atom. The van der Waals surface area contributed by atoms with Crippen LogP contribution in [0.15, 0.2) is 12.7 Å². The second kappa shape index (κ2) is 3.77. The molecule has 4 heteroatoms. The lowest BCUT2D eigenvalue weighted by Gasteiger charge is -2.28. The molecule has 15 heavy (non-hydrogen) atoms. The van der Waals surface area contributed by atoms with E-state index in [1.54, 1.807) is 0 Å². The van der Waals surface area contributed by atoms with Crippen LogP contribution in [0.2, 0.25) is 0 Å². The van der Waals surface area contributed by atoms with Gasteiger partial charge >= 0.3 is 0 Å². The molecule has 2 saturated heterocycles. The van der Waals surface area contributed by atoms with Crippen molar-refractivity contribution in [1.82, 2.24) is 0 Å². The van der Waals surface area contributed by atoms with Crippen LogP contribution in [0.5, 0.6) is 0 Å². The number of hydrogen-bond donors (Lipinski definition) is 1. The fraction of sp³-hybridized carbons (Fsp3) is 0.818. The maximum Gasteiger partial charge on any atom is 0.163 e. The third-order valence-corrected chi connectivity index (χ3v) is 4.26. The zero-order chi connectivity index (χ0) is 11.1. The summed E-state index contributed by atoms with van der Waals surface area (Å²) in [4.78, 5) is -0.799. The van der Waals surface area contributed by atoms with Crippen molar-refractivity contribution in [2.45, 2.75) is 49.6 Å². The van der Waals surface area contributed by atoms with E-state index in [0.717, 1.165) is 12.2 Å². The highest BCUT2D eigenvalue weighted by Gasteiger charge is 2.56. The SMILES string of the molecule is C=CCCC1(O)SCC2OC(C)(C)OC21. The lowest BCUT2D eigenvalue weighted by atomic mass is 10.0. The number of hydrogen-bond acceptors (Lipinski definition) is 4. The molecule has 2 rings (SSSR count). The molecule has 2 heterocycles. The van der Waals surface area contributed by atoms with E-state index in [-0.39, 0.29) is 12.2 Å². The van der Waals surface area contributed by atoms with Crippen LogP contribution in [0.25, 0.3) is 0 Å². The summed E-state index contributed by atoms with van der Waals surface area (Å²) in [6.45, 7) is 7.46. The minimum Gasteiger partial charge on any atom is -0.377 e. The number of thioether (sulfide) groups is 1. The molecule has 1 N–H and O–H groups in total. The van der Waals surface area contributed by atoms with Gasteiger partial charge in [-0.05, 0) is 26.7 Å². The molecule has 0 aromatic rings. The highest BCUT2D eigenvalue weighted by molar-refractivity contribution is 8.00. The molecule has 3 unspecified atom stereocenters. The van der Waals surface area contributed by atoms with E-state index in [1.165, 1.54) is 11.8 Å². The van der Waals surface area contributed by atoms with Gasteiger partial charge in [0.15, 0.2) is 5.79 Å². The van der Waals surface area contributed by atoms with E-state index in [0.29, 0.717) is 6.42 Å². The summed E-state index contributed by atoms with van der Waals surface area (Å²) in [5.41, 5.74) is 0. The molecule has 2 aliphatic rings. The van der Waals surface area contributed by atoms with Crippen LogP contribution in [0, 0.1) is 0 Å². The van der Waals surface area contributed by atoms with Crippen molar-refractivity contribution in [1.29, 1.82) is 0 Å². The highest BCUT2D eigenvalue weighted by atomic mass is 32.2. The van der Waals surface area contributed by atoms with Crippen LogP contribution >= 0.6 is 11.8 Å². The van der Waals surface area contributed by atoms with E-state index in [1.807, 2.05) is 19.9 Å². The average Bonchev–Trinajstić information content (AvgIpc) is 2.60. The molecule has 2 fully saturated rings. The standard InChI is InChI=1S/C11H18O3S/c1-4-5-6-11(12)9-8(7-15-11)13-10(2,3)14-9/h4,8-9,12H,1,5-7H2,2-3H3. The maximum atomic E-state index is 10.4. The van der Waals surface area contributed by atoms with Crippen molar-refractivity contribution in [2.24, 2.45) is 0 Å². The number of aliphatic hydroxyl groups is 1. The smallest absolute Gasteiger partial charge is 0.163 e. The third-order valence-electron chi connectivity index (χ3n) is 2.83. The summed E-state index contributed by atoms with van der Waals surface area (Å²) in [6.07, 6.45) is 3.14. The maximum absolute atomic E-state index is 10.4. The molecular weight excluding hydrogens is 212 g/mol. The van der Waals surface area contributed by atoms with Gasteiger partial charge in [0.25, 0.3) is 0 Å². The predicted molar refractivity (Wildman–Crippen MR) is 60.7 cm³/mol. The summed E-state index contributed by atoms with van der Waals surface area (Å²) in [7, 11) is 0. The van der Waals surface area contributed by atoms with E-state index in [9.17, 15) is 5.11 Å². The molecule has 0 spiro atoms. The van der Waals surface area contributed by atoms with Gasteiger partial charge < -0.3 is 14.6 Å². The molecule has 0 aromatic heterocycles. The van der Waals surface area contributed by atoms with Crippen LogP contribution in [-0.4, -0.2) is 33.8 Å². The quantitative estimate of drug-likeness (QED) is 0.752. The molecule has 2 aliphatic heterocycles. The number of ether oxygens (including phenoxy) is 2. The Labute approximate surface area is 94.8 Å². The van der Waals surface area contributed by atoms with Crippen LogP contribution < -0.4 is 0 Å². The zero-order valence-corrected chi connectivity index (χ0v) is 10.0. The Bertz CT molecular complexity index is 267. The topological polar surface area (TPSA) is 38.7 Å². The second-order valence-corrected chi connectivity index (χ2v) is 5.91. The van der Waals surface area contributed by atoms with Crippen LogP contribution in [0.1, 0.15) is 26.7 Å². The van der Waals surface area contributed by atoms with E-state index in [4.69, 9.17) is 9.47 Å². The molecule has 0 aromatic carbocycles. The van der Waals surface area contributed by atoms with Crippen molar-refractivity contribution in [3.8, 4) is 0 Å². The molecule has 0 aliphatic carbocycles. The Morgan fingerprint density at radius 3 is 2.93 bits per heavy atom. The Kier molecular flexibility index (Phi) is 2.88. The van der Waals surface area contributed by atoms with E-state index in [2.05, 4.69) is 6.58 Å². The zero-order valence-electron chi connectivity index (χ0n) is 9.23. The number of rotatable bonds is 3. The molecule has 0 amide bonds. The molecular formula is C11H18O3S. The lowest BCUT2D eigenvalue weighted by molar-refractivity contribution is -0.159. The molecule has 3 atom stereocenters. The van der Waals surface area contributed by atoms with E-state index < -0.39 is 10.7 Å². The van der Waals surface area contributed by atoms with Gasteiger partial charge in [-0.25, -0.2) is 0 Å². The summed E-state index contributed by atoms with van der Waals surface area (Å²) in [5, 5.41) is 10.4. The van der Waals surface area contributed by atoms with Gasteiger partial charge in [0.05, 0.1) is 0 Å². The third kappa shape index (κ3) is 2.09. The van der Waals surface area contributed by atoms with Gasteiger partial charge in [-0.1, -0.05) is 6.08 Å². The molecule has 3 nitrogen and oxygen atoms in total. The summed E-state index contributed by atoms with van der Waals surface area (Å²) in [6, 6.07) is 0. The first-order valence-electron chi connectivity index (χ1n) is 5.30. The van der Waals surface area contributed by atoms with E-state index >= 15 is 0 Å². The Balaban J connectivity index is 2.07. The highest BCUT2D eigenvalue weighted by Crippen LogP contribution is 2.48. The second-order valence-electron chi connectivity index (χ2n) is 4.58.